The third-order valence-corrected chi connectivity index (χ3v) is 3.31. The highest BCUT2D eigenvalue weighted by atomic mass is 79.9. The van der Waals surface area contributed by atoms with Crippen LogP contribution in [0, 0.1) is 6.92 Å². The van der Waals surface area contributed by atoms with Gasteiger partial charge in [0.05, 0.1) is 10.2 Å². The summed E-state index contributed by atoms with van der Waals surface area (Å²) < 4.78 is 8.26. The zero-order chi connectivity index (χ0) is 13.2. The summed E-state index contributed by atoms with van der Waals surface area (Å²) in [6.45, 7) is 2.36. The lowest BCUT2D eigenvalue weighted by molar-refractivity contribution is 0.472. The van der Waals surface area contributed by atoms with Gasteiger partial charge in [-0.1, -0.05) is 6.07 Å². The van der Waals surface area contributed by atoms with E-state index in [1.165, 1.54) is 0 Å². The van der Waals surface area contributed by atoms with Gasteiger partial charge in [0.25, 0.3) is 5.89 Å². The lowest BCUT2D eigenvalue weighted by Gasteiger charge is -1.95. The average Bonchev–Trinajstić information content (AvgIpc) is 2.99. The third kappa shape index (κ3) is 2.55. The summed E-state index contributed by atoms with van der Waals surface area (Å²) in [5.41, 5.74) is 1.59. The Bertz CT molecular complexity index is 672. The molecule has 3 aromatic rings. The highest BCUT2D eigenvalue weighted by Gasteiger charge is 2.10. The molecule has 0 amide bonds. The topological polar surface area (TPSA) is 69.6 Å². The first-order valence-electron chi connectivity index (χ1n) is 5.66. The second-order valence-corrected chi connectivity index (χ2v) is 4.83. The summed E-state index contributed by atoms with van der Waals surface area (Å²) in [6, 6.07) is 5.54. The van der Waals surface area contributed by atoms with Crippen LogP contribution in [0.5, 0.6) is 0 Å². The van der Waals surface area contributed by atoms with Gasteiger partial charge in [-0.2, -0.15) is 5.10 Å². The van der Waals surface area contributed by atoms with E-state index in [1.54, 1.807) is 10.9 Å². The molecular weight excluding hydrogens is 310 g/mol. The number of hydrogen-bond acceptors (Lipinski definition) is 5. The van der Waals surface area contributed by atoms with Crippen molar-refractivity contribution in [1.29, 1.82) is 0 Å². The van der Waals surface area contributed by atoms with E-state index in [4.69, 9.17) is 4.42 Å². The predicted octanol–water partition coefficient (Wildman–Crippen LogP) is 2.45. The molecule has 7 heteroatoms. The van der Waals surface area contributed by atoms with Crippen LogP contribution in [0.25, 0.3) is 11.6 Å². The first kappa shape index (κ1) is 12.0. The van der Waals surface area contributed by atoms with E-state index in [0.717, 1.165) is 10.2 Å². The third-order valence-electron chi connectivity index (χ3n) is 2.53. The van der Waals surface area contributed by atoms with Crippen LogP contribution in [0.3, 0.4) is 0 Å². The Labute approximate surface area is 117 Å². The van der Waals surface area contributed by atoms with Crippen LogP contribution in [-0.2, 0) is 6.54 Å². The van der Waals surface area contributed by atoms with Gasteiger partial charge in [0.1, 0.15) is 12.2 Å². The molecule has 0 saturated carbocycles. The lowest BCUT2D eigenvalue weighted by Crippen LogP contribution is -2.00. The maximum Gasteiger partial charge on any atom is 0.266 e. The second-order valence-electron chi connectivity index (χ2n) is 3.98. The van der Waals surface area contributed by atoms with E-state index >= 15 is 0 Å². The molecule has 0 saturated heterocycles. The summed E-state index contributed by atoms with van der Waals surface area (Å²) in [7, 11) is 0. The molecule has 6 nitrogen and oxygen atoms in total. The minimum Gasteiger partial charge on any atom is -0.417 e. The molecule has 0 aliphatic heterocycles. The van der Waals surface area contributed by atoms with Gasteiger partial charge >= 0.3 is 0 Å². The molecule has 0 unspecified atom stereocenters. The largest absolute Gasteiger partial charge is 0.417 e. The summed E-state index contributed by atoms with van der Waals surface area (Å²) >= 11 is 3.41. The van der Waals surface area contributed by atoms with E-state index in [9.17, 15) is 0 Å². The van der Waals surface area contributed by atoms with Crippen molar-refractivity contribution in [2.24, 2.45) is 0 Å². The van der Waals surface area contributed by atoms with Gasteiger partial charge in [-0.3, -0.25) is 9.67 Å². The summed E-state index contributed by atoms with van der Waals surface area (Å²) in [4.78, 5) is 4.16. The first-order valence-corrected chi connectivity index (χ1v) is 6.45. The van der Waals surface area contributed by atoms with Crippen LogP contribution >= 0.6 is 15.9 Å². The molecule has 3 aromatic heterocycles. The summed E-state index contributed by atoms with van der Waals surface area (Å²) in [5, 5.41) is 12.3. The molecule has 0 aliphatic carbocycles. The van der Waals surface area contributed by atoms with Crippen molar-refractivity contribution >= 4 is 15.9 Å². The van der Waals surface area contributed by atoms with Crippen molar-refractivity contribution in [2.45, 2.75) is 13.5 Å². The van der Waals surface area contributed by atoms with Gasteiger partial charge < -0.3 is 4.42 Å². The van der Waals surface area contributed by atoms with Gasteiger partial charge in [-0.15, -0.1) is 10.2 Å². The van der Waals surface area contributed by atoms with E-state index in [-0.39, 0.29) is 0 Å². The van der Waals surface area contributed by atoms with Crippen LogP contribution in [0.4, 0.5) is 0 Å². The summed E-state index contributed by atoms with van der Waals surface area (Å²) in [6.07, 6.45) is 3.56. The van der Waals surface area contributed by atoms with Crippen LogP contribution in [0.15, 0.2) is 39.5 Å². The van der Waals surface area contributed by atoms with Crippen molar-refractivity contribution in [3.05, 3.63) is 46.7 Å². The number of nitrogens with zero attached hydrogens (tertiary/aromatic N) is 5. The number of aromatic nitrogens is 5. The molecule has 0 bridgehead atoms. The highest BCUT2D eigenvalue weighted by molar-refractivity contribution is 9.10. The SMILES string of the molecule is Cc1nn(Cc2nnc(-c3ccccn3)o2)cc1Br. The maximum absolute atomic E-state index is 5.56. The van der Waals surface area contributed by atoms with Gasteiger partial charge in [-0.05, 0) is 35.0 Å². The Morgan fingerprint density at radius 2 is 2.21 bits per heavy atom. The minimum absolute atomic E-state index is 0.415. The van der Waals surface area contributed by atoms with Crippen molar-refractivity contribution in [3.63, 3.8) is 0 Å². The Kier molecular flexibility index (Phi) is 3.12. The number of rotatable bonds is 3. The number of hydrogen-bond donors (Lipinski definition) is 0. The number of pyridine rings is 1. The molecule has 0 aliphatic rings. The first-order chi connectivity index (χ1) is 9.22. The van der Waals surface area contributed by atoms with E-state index in [2.05, 4.69) is 36.2 Å². The highest BCUT2D eigenvalue weighted by Crippen LogP contribution is 2.17. The number of aryl methyl sites for hydroxylation is 1. The van der Waals surface area contributed by atoms with E-state index < -0.39 is 0 Å². The predicted molar refractivity (Wildman–Crippen MR) is 71.3 cm³/mol. The molecule has 3 rings (SSSR count). The lowest BCUT2D eigenvalue weighted by atomic mass is 10.3. The Balaban J connectivity index is 1.82. The molecule has 0 fully saturated rings. The normalized spacial score (nSPS) is 10.8. The van der Waals surface area contributed by atoms with Crippen molar-refractivity contribution < 1.29 is 4.42 Å². The number of halogens is 1. The Morgan fingerprint density at radius 1 is 1.32 bits per heavy atom. The molecule has 96 valence electrons. The van der Waals surface area contributed by atoms with Gasteiger partial charge in [0.2, 0.25) is 5.89 Å². The fraction of sp³-hybridized carbons (Fsp3) is 0.167. The zero-order valence-electron chi connectivity index (χ0n) is 10.1. The molecule has 0 spiro atoms. The van der Waals surface area contributed by atoms with Crippen LogP contribution < -0.4 is 0 Å². The molecule has 0 atom stereocenters. The van der Waals surface area contributed by atoms with Crippen LogP contribution in [-0.4, -0.2) is 25.0 Å². The van der Waals surface area contributed by atoms with Crippen molar-refractivity contribution in [2.75, 3.05) is 0 Å². The minimum atomic E-state index is 0.415. The quantitative estimate of drug-likeness (QED) is 0.741. The van der Waals surface area contributed by atoms with E-state index in [0.29, 0.717) is 24.0 Å². The van der Waals surface area contributed by atoms with Crippen LogP contribution in [0.1, 0.15) is 11.6 Å². The Hall–Kier alpha value is -2.02. The molecule has 3 heterocycles. The van der Waals surface area contributed by atoms with Gasteiger partial charge in [0.15, 0.2) is 0 Å². The van der Waals surface area contributed by atoms with Crippen LogP contribution in [0.2, 0.25) is 0 Å². The Morgan fingerprint density at radius 3 is 2.89 bits per heavy atom. The zero-order valence-corrected chi connectivity index (χ0v) is 11.7. The smallest absolute Gasteiger partial charge is 0.266 e. The van der Waals surface area contributed by atoms with Crippen molar-refractivity contribution in [3.8, 4) is 11.6 Å². The molecule has 0 radical (unpaired) electrons. The molecule has 0 N–H and O–H groups in total. The van der Waals surface area contributed by atoms with Crippen molar-refractivity contribution in [1.82, 2.24) is 25.0 Å². The summed E-state index contributed by atoms with van der Waals surface area (Å²) in [5.74, 6) is 0.911. The fourth-order valence-electron chi connectivity index (χ4n) is 1.62. The van der Waals surface area contributed by atoms with E-state index in [1.807, 2.05) is 31.3 Å². The molecular formula is C12H10BrN5O. The monoisotopic (exact) mass is 319 g/mol. The molecule has 0 aromatic carbocycles. The maximum atomic E-state index is 5.56. The standard InChI is InChI=1S/C12H10BrN5O/c1-8-9(13)6-18(17-8)7-11-15-16-12(19-11)10-4-2-3-5-14-10/h2-6H,7H2,1H3. The fourth-order valence-corrected chi connectivity index (χ4v) is 1.94. The van der Waals surface area contributed by atoms with Gasteiger partial charge in [-0.25, -0.2) is 0 Å². The van der Waals surface area contributed by atoms with Gasteiger partial charge in [0, 0.05) is 12.4 Å². The second kappa shape index (κ2) is 4.93. The average molecular weight is 320 g/mol. The molecule has 19 heavy (non-hydrogen) atoms.